The molecular formula is C14H20N2O3. The van der Waals surface area contributed by atoms with Crippen molar-refractivity contribution >= 4 is 17.6 Å². The molecule has 0 aliphatic heterocycles. The van der Waals surface area contributed by atoms with Crippen molar-refractivity contribution in [1.82, 2.24) is 0 Å². The number of carbonyl (C=O) groups is 2. The lowest BCUT2D eigenvalue weighted by molar-refractivity contribution is -0.117. The normalized spacial score (nSPS) is 11.7. The van der Waals surface area contributed by atoms with Gasteiger partial charge in [-0.15, -0.1) is 0 Å². The van der Waals surface area contributed by atoms with E-state index in [1.54, 1.807) is 31.2 Å². The van der Waals surface area contributed by atoms with Crippen molar-refractivity contribution in [3.05, 3.63) is 29.8 Å². The van der Waals surface area contributed by atoms with Gasteiger partial charge in [-0.05, 0) is 31.5 Å². The standard InChI is InChI=1S/C14H20N2O3/c1-3-6-12(15)13(17)16-11-8-5-7-10(9-11)14(18)19-4-2/h5,7-9,12H,3-4,6,15H2,1-2H3,(H,16,17)/t12-/m0/s1. The molecule has 1 aromatic carbocycles. The third-order valence-corrected chi connectivity index (χ3v) is 2.58. The maximum absolute atomic E-state index is 11.8. The van der Waals surface area contributed by atoms with E-state index in [9.17, 15) is 9.59 Å². The Morgan fingerprint density at radius 2 is 2.11 bits per heavy atom. The molecule has 0 bridgehead atoms. The molecule has 0 aromatic heterocycles. The summed E-state index contributed by atoms with van der Waals surface area (Å²) >= 11 is 0. The zero-order valence-electron chi connectivity index (χ0n) is 11.3. The van der Waals surface area contributed by atoms with Gasteiger partial charge in [0.2, 0.25) is 5.91 Å². The molecule has 1 atom stereocenters. The predicted octanol–water partition coefficient (Wildman–Crippen LogP) is 1.93. The van der Waals surface area contributed by atoms with Crippen molar-refractivity contribution in [2.24, 2.45) is 5.73 Å². The average molecular weight is 264 g/mol. The van der Waals surface area contributed by atoms with Crippen LogP contribution >= 0.6 is 0 Å². The van der Waals surface area contributed by atoms with Gasteiger partial charge in [-0.2, -0.15) is 0 Å². The molecule has 19 heavy (non-hydrogen) atoms. The fourth-order valence-corrected chi connectivity index (χ4v) is 1.62. The number of nitrogens with two attached hydrogens (primary N) is 1. The lowest BCUT2D eigenvalue weighted by Gasteiger charge is -2.11. The van der Waals surface area contributed by atoms with Gasteiger partial charge in [0.1, 0.15) is 0 Å². The van der Waals surface area contributed by atoms with Crippen LogP contribution in [0.1, 0.15) is 37.0 Å². The molecule has 1 amide bonds. The SMILES string of the molecule is CCC[C@H](N)C(=O)Nc1cccc(C(=O)OCC)c1. The molecule has 0 heterocycles. The summed E-state index contributed by atoms with van der Waals surface area (Å²) in [6.07, 6.45) is 1.47. The molecule has 0 aliphatic rings. The molecule has 0 saturated carbocycles. The van der Waals surface area contributed by atoms with Gasteiger partial charge in [-0.25, -0.2) is 4.79 Å². The highest BCUT2D eigenvalue weighted by atomic mass is 16.5. The van der Waals surface area contributed by atoms with E-state index in [0.717, 1.165) is 6.42 Å². The van der Waals surface area contributed by atoms with E-state index in [2.05, 4.69) is 5.32 Å². The van der Waals surface area contributed by atoms with Gasteiger partial charge in [0.25, 0.3) is 0 Å². The minimum atomic E-state index is -0.531. The van der Waals surface area contributed by atoms with E-state index in [0.29, 0.717) is 24.3 Å². The second kappa shape index (κ2) is 7.53. The highest BCUT2D eigenvalue weighted by molar-refractivity contribution is 5.96. The van der Waals surface area contributed by atoms with Crippen molar-refractivity contribution in [2.45, 2.75) is 32.7 Å². The zero-order valence-corrected chi connectivity index (χ0v) is 11.3. The van der Waals surface area contributed by atoms with E-state index in [1.807, 2.05) is 6.92 Å². The van der Waals surface area contributed by atoms with Crippen LogP contribution in [0, 0.1) is 0 Å². The quantitative estimate of drug-likeness (QED) is 0.769. The van der Waals surface area contributed by atoms with Crippen molar-refractivity contribution in [3.63, 3.8) is 0 Å². The van der Waals surface area contributed by atoms with Gasteiger partial charge in [-0.1, -0.05) is 19.4 Å². The summed E-state index contributed by atoms with van der Waals surface area (Å²) in [5, 5.41) is 2.69. The van der Waals surface area contributed by atoms with Crippen molar-refractivity contribution in [1.29, 1.82) is 0 Å². The lowest BCUT2D eigenvalue weighted by Crippen LogP contribution is -2.35. The van der Waals surface area contributed by atoms with E-state index in [1.165, 1.54) is 0 Å². The summed E-state index contributed by atoms with van der Waals surface area (Å²) in [7, 11) is 0. The summed E-state index contributed by atoms with van der Waals surface area (Å²) in [5.41, 5.74) is 6.67. The first kappa shape index (κ1) is 15.2. The van der Waals surface area contributed by atoms with Gasteiger partial charge in [0.05, 0.1) is 18.2 Å². The number of anilines is 1. The predicted molar refractivity (Wildman–Crippen MR) is 73.9 cm³/mol. The summed E-state index contributed by atoms with van der Waals surface area (Å²) in [6.45, 7) is 4.03. The molecule has 5 heteroatoms. The Labute approximate surface area is 113 Å². The molecule has 0 saturated heterocycles. The summed E-state index contributed by atoms with van der Waals surface area (Å²) < 4.78 is 4.90. The number of benzene rings is 1. The van der Waals surface area contributed by atoms with Crippen LogP contribution in [0.5, 0.6) is 0 Å². The molecule has 5 nitrogen and oxygen atoms in total. The minimum absolute atomic E-state index is 0.247. The number of carbonyl (C=O) groups excluding carboxylic acids is 2. The minimum Gasteiger partial charge on any atom is -0.462 e. The zero-order chi connectivity index (χ0) is 14.3. The van der Waals surface area contributed by atoms with Crippen molar-refractivity contribution < 1.29 is 14.3 Å². The molecule has 3 N–H and O–H groups in total. The largest absolute Gasteiger partial charge is 0.462 e. The highest BCUT2D eigenvalue weighted by Crippen LogP contribution is 2.12. The van der Waals surface area contributed by atoms with Gasteiger partial charge in [-0.3, -0.25) is 4.79 Å². The first-order valence-electron chi connectivity index (χ1n) is 6.42. The molecule has 1 rings (SSSR count). The number of nitrogens with one attached hydrogen (secondary N) is 1. The Bertz CT molecular complexity index is 446. The molecule has 0 aliphatic carbocycles. The average Bonchev–Trinajstić information content (AvgIpc) is 2.39. The maximum atomic E-state index is 11.8. The van der Waals surface area contributed by atoms with Gasteiger partial charge >= 0.3 is 5.97 Å². The number of hydrogen-bond acceptors (Lipinski definition) is 4. The van der Waals surface area contributed by atoms with Crippen LogP contribution in [0.2, 0.25) is 0 Å². The van der Waals surface area contributed by atoms with E-state index >= 15 is 0 Å². The van der Waals surface area contributed by atoms with Crippen LogP contribution in [0.25, 0.3) is 0 Å². The Balaban J connectivity index is 2.72. The number of amides is 1. The smallest absolute Gasteiger partial charge is 0.338 e. The summed E-state index contributed by atoms with van der Waals surface area (Å²) in [6, 6.07) is 6.08. The number of hydrogen-bond donors (Lipinski definition) is 2. The monoisotopic (exact) mass is 264 g/mol. The highest BCUT2D eigenvalue weighted by Gasteiger charge is 2.13. The fraction of sp³-hybridized carbons (Fsp3) is 0.429. The molecule has 0 fully saturated rings. The Kier molecular flexibility index (Phi) is 6.02. The van der Waals surface area contributed by atoms with Crippen LogP contribution < -0.4 is 11.1 Å². The van der Waals surface area contributed by atoms with E-state index in [-0.39, 0.29) is 5.91 Å². The van der Waals surface area contributed by atoms with E-state index < -0.39 is 12.0 Å². The first-order chi connectivity index (χ1) is 9.08. The third kappa shape index (κ3) is 4.71. The summed E-state index contributed by atoms with van der Waals surface area (Å²) in [5.74, 6) is -0.653. The molecule has 0 spiro atoms. The Morgan fingerprint density at radius 3 is 2.74 bits per heavy atom. The molecular weight excluding hydrogens is 244 g/mol. The molecule has 0 radical (unpaired) electrons. The number of esters is 1. The number of ether oxygens (including phenoxy) is 1. The second-order valence-electron chi connectivity index (χ2n) is 4.19. The van der Waals surface area contributed by atoms with Crippen LogP contribution in [0.4, 0.5) is 5.69 Å². The second-order valence-corrected chi connectivity index (χ2v) is 4.19. The molecule has 104 valence electrons. The molecule has 1 aromatic rings. The molecule has 0 unspecified atom stereocenters. The van der Waals surface area contributed by atoms with Crippen molar-refractivity contribution in [3.8, 4) is 0 Å². The first-order valence-corrected chi connectivity index (χ1v) is 6.42. The van der Waals surface area contributed by atoms with Crippen LogP contribution in [0.15, 0.2) is 24.3 Å². The van der Waals surface area contributed by atoms with Crippen LogP contribution in [-0.4, -0.2) is 24.5 Å². The van der Waals surface area contributed by atoms with E-state index in [4.69, 9.17) is 10.5 Å². The van der Waals surface area contributed by atoms with Crippen molar-refractivity contribution in [2.75, 3.05) is 11.9 Å². The van der Waals surface area contributed by atoms with Gasteiger partial charge < -0.3 is 15.8 Å². The van der Waals surface area contributed by atoms with Crippen LogP contribution in [0.3, 0.4) is 0 Å². The topological polar surface area (TPSA) is 81.4 Å². The Morgan fingerprint density at radius 1 is 1.37 bits per heavy atom. The van der Waals surface area contributed by atoms with Crippen LogP contribution in [-0.2, 0) is 9.53 Å². The lowest BCUT2D eigenvalue weighted by atomic mass is 10.1. The van der Waals surface area contributed by atoms with Gasteiger partial charge in [0, 0.05) is 5.69 Å². The maximum Gasteiger partial charge on any atom is 0.338 e. The third-order valence-electron chi connectivity index (χ3n) is 2.58. The summed E-state index contributed by atoms with van der Waals surface area (Å²) in [4.78, 5) is 23.3. The van der Waals surface area contributed by atoms with Gasteiger partial charge in [0.15, 0.2) is 0 Å². The fourth-order valence-electron chi connectivity index (χ4n) is 1.62. The number of rotatable bonds is 6. The Hall–Kier alpha value is -1.88.